The zero-order valence-electron chi connectivity index (χ0n) is 23.5. The van der Waals surface area contributed by atoms with Gasteiger partial charge in [0.1, 0.15) is 11.8 Å². The van der Waals surface area contributed by atoms with Gasteiger partial charge in [-0.1, -0.05) is 37.6 Å². The van der Waals surface area contributed by atoms with E-state index >= 15 is 0 Å². The van der Waals surface area contributed by atoms with E-state index in [9.17, 15) is 31.2 Å². The van der Waals surface area contributed by atoms with Crippen LogP contribution in [0, 0.1) is 6.92 Å². The molecule has 1 aliphatic heterocycles. The number of alkyl halides is 3. The minimum Gasteiger partial charge on any atom is -0.406 e. The van der Waals surface area contributed by atoms with Gasteiger partial charge in [-0.05, 0) is 60.4 Å². The van der Waals surface area contributed by atoms with Crippen LogP contribution in [0.3, 0.4) is 0 Å². The number of hydrogen-bond donors (Lipinski definition) is 2. The third-order valence-electron chi connectivity index (χ3n) is 6.86. The van der Waals surface area contributed by atoms with Crippen molar-refractivity contribution in [2.24, 2.45) is 5.73 Å². The normalized spacial score (nSPS) is 16.1. The maximum absolute atomic E-state index is 13.7. The van der Waals surface area contributed by atoms with Gasteiger partial charge in [0.2, 0.25) is 15.9 Å². The lowest BCUT2D eigenvalue weighted by Gasteiger charge is -2.40. The molecule has 230 valence electrons. The second kappa shape index (κ2) is 13.0. The third-order valence-corrected chi connectivity index (χ3v) is 8.78. The summed E-state index contributed by atoms with van der Waals surface area (Å²) in [4.78, 5) is 26.5. The number of aromatic nitrogens is 2. The van der Waals surface area contributed by atoms with Crippen LogP contribution in [0.1, 0.15) is 40.5 Å². The molecule has 1 atom stereocenters. The van der Waals surface area contributed by atoms with E-state index in [0.717, 1.165) is 52.5 Å². The van der Waals surface area contributed by atoms with E-state index in [-0.39, 0.29) is 36.8 Å². The summed E-state index contributed by atoms with van der Waals surface area (Å²) in [5.74, 6) is -1.60. The Morgan fingerprint density at radius 3 is 2.28 bits per heavy atom. The van der Waals surface area contributed by atoms with Crippen LogP contribution in [-0.4, -0.2) is 66.8 Å². The van der Waals surface area contributed by atoms with Gasteiger partial charge < -0.3 is 20.7 Å². The predicted octanol–water partition coefficient (Wildman–Crippen LogP) is 2.93. The van der Waals surface area contributed by atoms with Gasteiger partial charge in [0.25, 0.3) is 5.91 Å². The lowest BCUT2D eigenvalue weighted by atomic mass is 10.1. The second-order valence-electron chi connectivity index (χ2n) is 9.98. The number of primary amides is 1. The highest BCUT2D eigenvalue weighted by molar-refractivity contribution is 7.89. The van der Waals surface area contributed by atoms with Crippen LogP contribution >= 0.6 is 0 Å². The molecule has 1 aromatic heterocycles. The summed E-state index contributed by atoms with van der Waals surface area (Å²) in [6.45, 7) is 3.70. The van der Waals surface area contributed by atoms with Gasteiger partial charge in [0, 0.05) is 26.2 Å². The van der Waals surface area contributed by atoms with Crippen molar-refractivity contribution in [3.63, 3.8) is 0 Å². The van der Waals surface area contributed by atoms with E-state index in [1.54, 1.807) is 17.9 Å². The molecule has 4 rings (SSSR count). The fourth-order valence-corrected chi connectivity index (χ4v) is 6.28. The molecule has 1 aliphatic rings. The van der Waals surface area contributed by atoms with Crippen molar-refractivity contribution >= 4 is 27.7 Å². The van der Waals surface area contributed by atoms with Crippen LogP contribution in [0.4, 0.5) is 19.0 Å². The van der Waals surface area contributed by atoms with E-state index in [2.05, 4.69) is 27.2 Å². The summed E-state index contributed by atoms with van der Waals surface area (Å²) in [7, 11) is -4.33. The number of ether oxygens (including phenoxy) is 1. The van der Waals surface area contributed by atoms with E-state index in [0.29, 0.717) is 11.4 Å². The highest BCUT2D eigenvalue weighted by atomic mass is 32.2. The fourth-order valence-electron chi connectivity index (χ4n) is 4.71. The molecule has 1 fully saturated rings. The number of anilines is 1. The van der Waals surface area contributed by atoms with Crippen LogP contribution in [0.25, 0.3) is 0 Å². The first kappa shape index (κ1) is 31.7. The molecule has 2 heterocycles. The number of amides is 2. The Hall–Kier alpha value is -4.24. The van der Waals surface area contributed by atoms with Crippen LogP contribution < -0.4 is 20.7 Å². The number of rotatable bonds is 10. The average Bonchev–Trinajstić information content (AvgIpc) is 2.95. The van der Waals surface area contributed by atoms with Crippen molar-refractivity contribution in [1.29, 1.82) is 0 Å². The lowest BCUT2D eigenvalue weighted by Crippen LogP contribution is -2.60. The lowest BCUT2D eigenvalue weighted by molar-refractivity contribution is -0.274. The third kappa shape index (κ3) is 7.78. The molecule has 1 unspecified atom stereocenters. The van der Waals surface area contributed by atoms with E-state index in [1.165, 1.54) is 0 Å². The number of carbonyl (C=O) groups is 2. The first-order chi connectivity index (χ1) is 20.3. The van der Waals surface area contributed by atoms with Gasteiger partial charge in [-0.25, -0.2) is 8.42 Å². The smallest absolute Gasteiger partial charge is 0.406 e. The minimum atomic E-state index is -4.94. The van der Waals surface area contributed by atoms with Gasteiger partial charge in [0.05, 0.1) is 4.90 Å². The Morgan fingerprint density at radius 2 is 1.70 bits per heavy atom. The van der Waals surface area contributed by atoms with Gasteiger partial charge in [-0.2, -0.15) is 4.31 Å². The van der Waals surface area contributed by atoms with Crippen molar-refractivity contribution in [1.82, 2.24) is 19.8 Å². The number of nitrogens with one attached hydrogen (secondary N) is 1. The molecule has 3 aromatic rings. The molecule has 0 bridgehead atoms. The van der Waals surface area contributed by atoms with Gasteiger partial charge >= 0.3 is 6.36 Å². The topological polar surface area (TPSA) is 148 Å². The Labute approximate surface area is 246 Å². The summed E-state index contributed by atoms with van der Waals surface area (Å²) in [5.41, 5.74) is 7.75. The average molecular weight is 621 g/mol. The molecule has 1 saturated heterocycles. The molecule has 3 N–H and O–H groups in total. The Balaban J connectivity index is 1.59. The van der Waals surface area contributed by atoms with Crippen LogP contribution in [0.2, 0.25) is 0 Å². The Bertz CT molecular complexity index is 1570. The zero-order valence-corrected chi connectivity index (χ0v) is 24.3. The van der Waals surface area contributed by atoms with Crippen molar-refractivity contribution in [2.45, 2.75) is 50.5 Å². The number of nitrogens with two attached hydrogens (primary N) is 1. The highest BCUT2D eigenvalue weighted by Gasteiger charge is 2.41. The number of aryl methyl sites for hydroxylation is 2. The molecule has 0 spiro atoms. The quantitative estimate of drug-likeness (QED) is 0.352. The summed E-state index contributed by atoms with van der Waals surface area (Å²) < 4.78 is 70.0. The SMILES string of the molecule is CCCc1ccc(CNC(=O)C2CN(c3cc(C)c(C(N)=O)nn3)CCN2S(=O)(=O)c2ccc(OC(F)(F)F)cc2)cc1. The number of sulfonamides is 1. The molecule has 43 heavy (non-hydrogen) atoms. The highest BCUT2D eigenvalue weighted by Crippen LogP contribution is 2.28. The summed E-state index contributed by atoms with van der Waals surface area (Å²) >= 11 is 0. The summed E-state index contributed by atoms with van der Waals surface area (Å²) in [6.07, 6.45) is -3.03. The number of nitrogens with zero attached hydrogens (tertiary/aromatic N) is 4. The molecular formula is C28H31F3N6O5S. The van der Waals surface area contributed by atoms with Crippen LogP contribution in [0.5, 0.6) is 5.75 Å². The first-order valence-corrected chi connectivity index (χ1v) is 14.8. The van der Waals surface area contributed by atoms with Gasteiger partial charge in [0.15, 0.2) is 11.5 Å². The van der Waals surface area contributed by atoms with Crippen LogP contribution in [0.15, 0.2) is 59.5 Å². The van der Waals surface area contributed by atoms with Crippen LogP contribution in [-0.2, 0) is 27.8 Å². The minimum absolute atomic E-state index is 0.0119. The molecular weight excluding hydrogens is 589 g/mol. The first-order valence-electron chi connectivity index (χ1n) is 13.4. The number of halogens is 3. The van der Waals surface area contributed by atoms with Gasteiger partial charge in [-0.15, -0.1) is 23.4 Å². The van der Waals surface area contributed by atoms with Crippen molar-refractivity contribution < 1.29 is 35.9 Å². The molecule has 0 aliphatic carbocycles. The molecule has 2 amide bonds. The summed E-state index contributed by atoms with van der Waals surface area (Å²) in [6, 6.07) is 11.8. The van der Waals surface area contributed by atoms with E-state index < -0.39 is 40.0 Å². The number of benzene rings is 2. The molecule has 0 saturated carbocycles. The molecule has 15 heteroatoms. The van der Waals surface area contributed by atoms with E-state index in [4.69, 9.17) is 5.73 Å². The second-order valence-corrected chi connectivity index (χ2v) is 11.9. The summed E-state index contributed by atoms with van der Waals surface area (Å²) in [5, 5.41) is 10.7. The van der Waals surface area contributed by atoms with E-state index in [1.807, 2.05) is 24.3 Å². The van der Waals surface area contributed by atoms with Crippen molar-refractivity contribution in [2.75, 3.05) is 24.5 Å². The maximum atomic E-state index is 13.7. The standard InChI is InChI=1S/C28H31F3N6O5S/c1-3-4-19-5-7-20(8-6-19)16-33-27(39)23-17-36(24-15-18(2)25(26(32)38)35-34-24)13-14-37(23)43(40,41)22-11-9-21(10-12-22)42-28(29,30)31/h5-12,15,23H,3-4,13-14,16-17H2,1-2H3,(H2,32,38)(H,33,39). The Kier molecular flexibility index (Phi) is 9.55. The Morgan fingerprint density at radius 1 is 1.05 bits per heavy atom. The monoisotopic (exact) mass is 620 g/mol. The number of carbonyl (C=O) groups excluding carboxylic acids is 2. The molecule has 11 nitrogen and oxygen atoms in total. The van der Waals surface area contributed by atoms with Crippen molar-refractivity contribution in [3.8, 4) is 5.75 Å². The fraction of sp³-hybridized carbons (Fsp3) is 0.357. The number of hydrogen-bond acceptors (Lipinski definition) is 8. The van der Waals surface area contributed by atoms with Gasteiger partial charge in [-0.3, -0.25) is 9.59 Å². The van der Waals surface area contributed by atoms with Crippen molar-refractivity contribution in [3.05, 3.63) is 77.0 Å². The molecule has 2 aromatic carbocycles. The largest absolute Gasteiger partial charge is 0.573 e. The molecule has 0 radical (unpaired) electrons. The maximum Gasteiger partial charge on any atom is 0.573 e. The number of piperazine rings is 1. The zero-order chi connectivity index (χ0) is 31.4. The predicted molar refractivity (Wildman–Crippen MR) is 151 cm³/mol.